The van der Waals surface area contributed by atoms with Crippen molar-refractivity contribution in [2.75, 3.05) is 0 Å². The van der Waals surface area contributed by atoms with Crippen molar-refractivity contribution in [3.05, 3.63) is 0 Å². The van der Waals surface area contributed by atoms with E-state index >= 15 is 0 Å². The molecule has 78 valence electrons. The molecule has 0 amide bonds. The zero-order valence-corrected chi connectivity index (χ0v) is 8.10. The number of hydrogen-bond donors (Lipinski definition) is 2. The van der Waals surface area contributed by atoms with Gasteiger partial charge in [0.1, 0.15) is 0 Å². The molecule has 0 unspecified atom stereocenters. The second-order valence-corrected chi connectivity index (χ2v) is 0. The van der Waals surface area contributed by atoms with Crippen LogP contribution in [0.1, 0.15) is 0 Å². The van der Waals surface area contributed by atoms with E-state index in [0.29, 0.717) is 0 Å². The SMILES string of the molecule is O.O.O.O.O.[Cr].[Cr].[NH3+][O].[NH3+][O]. The van der Waals surface area contributed by atoms with Crippen LogP contribution in [0.5, 0.6) is 0 Å². The minimum Gasteiger partial charge on any atom is -0.412 e. The summed E-state index contributed by atoms with van der Waals surface area (Å²) in [6.07, 6.45) is 0. The predicted octanol–water partition coefficient (Wildman–Crippen LogP) is -6.98. The Morgan fingerprint density at radius 2 is 0.455 bits per heavy atom. The smallest absolute Gasteiger partial charge is 0.0136 e. The van der Waals surface area contributed by atoms with E-state index < -0.39 is 0 Å². The van der Waals surface area contributed by atoms with E-state index in [2.05, 4.69) is 0 Å². The standard InChI is InChI=1S/2Cr.2H3NO.5H2O/c;;2*1-2;;;;;/h;;2*1H3;5*1H2/q;;2*+1;;;;;. The third kappa shape index (κ3) is 1630. The maximum Gasteiger partial charge on any atom is 0.0136 e. The molecule has 0 spiro atoms. The van der Waals surface area contributed by atoms with Crippen LogP contribution < -0.4 is 11.8 Å². The summed E-state index contributed by atoms with van der Waals surface area (Å²) in [5.41, 5.74) is 0. The summed E-state index contributed by atoms with van der Waals surface area (Å²) < 4.78 is 0. The molecule has 11 heteroatoms. The summed E-state index contributed by atoms with van der Waals surface area (Å²) >= 11 is 0. The van der Waals surface area contributed by atoms with Crippen LogP contribution >= 0.6 is 0 Å². The summed E-state index contributed by atoms with van der Waals surface area (Å²) in [4.78, 5) is 0. The fourth-order valence-corrected chi connectivity index (χ4v) is 0. The maximum atomic E-state index is 8.00. The van der Waals surface area contributed by atoms with E-state index in [0.717, 1.165) is 0 Å². The fraction of sp³-hybridized carbons (Fsp3) is 0. The van der Waals surface area contributed by atoms with Crippen LogP contribution in [-0.2, 0) is 45.1 Å². The van der Waals surface area contributed by atoms with Crippen LogP contribution in [0.15, 0.2) is 0 Å². The molecule has 0 bridgehead atoms. The minimum atomic E-state index is 0. The van der Waals surface area contributed by atoms with Gasteiger partial charge in [-0.2, -0.15) is 11.8 Å². The van der Waals surface area contributed by atoms with Crippen LogP contribution in [0, 0.1) is 0 Å². The molecule has 0 aromatic carbocycles. The molecule has 2 radical (unpaired) electrons. The van der Waals surface area contributed by atoms with Gasteiger partial charge in [0.2, 0.25) is 0 Å². The first-order valence-corrected chi connectivity index (χ1v) is 0.577. The Morgan fingerprint density at radius 1 is 0.455 bits per heavy atom. The molecule has 0 rings (SSSR count). The molecule has 9 nitrogen and oxygen atoms in total. The molecule has 0 aromatic heterocycles. The first-order valence-electron chi connectivity index (χ1n) is 0.577. The Kier molecular flexibility index (Phi) is 33800. The third-order valence-electron chi connectivity index (χ3n) is 0. The Bertz CT molecular complexity index is 14.4. The first kappa shape index (κ1) is 183. The van der Waals surface area contributed by atoms with Crippen LogP contribution in [0.4, 0.5) is 0 Å². The summed E-state index contributed by atoms with van der Waals surface area (Å²) in [6, 6.07) is 0. The molecule has 0 heterocycles. The van der Waals surface area contributed by atoms with Gasteiger partial charge in [-0.1, -0.05) is 0 Å². The molecule has 0 saturated heterocycles. The van der Waals surface area contributed by atoms with Crippen molar-refractivity contribution in [3.8, 4) is 0 Å². The van der Waals surface area contributed by atoms with Crippen molar-refractivity contribution in [2.45, 2.75) is 0 Å². The Labute approximate surface area is 84.7 Å². The van der Waals surface area contributed by atoms with Gasteiger partial charge in [0, 0.05) is 45.1 Å². The quantitative estimate of drug-likeness (QED) is 0.384. The predicted molar refractivity (Wildman–Crippen MR) is 25.2 cm³/mol. The molecule has 11 heavy (non-hydrogen) atoms. The average molecular weight is 260 g/mol. The second kappa shape index (κ2) is 2030. The molecule has 0 aliphatic rings. The van der Waals surface area contributed by atoms with Crippen molar-refractivity contribution >= 4 is 0 Å². The van der Waals surface area contributed by atoms with E-state index in [4.69, 9.17) is 10.4 Å². The Balaban J connectivity index is -0.000000000635. The summed E-state index contributed by atoms with van der Waals surface area (Å²) in [5, 5.41) is 16.0. The van der Waals surface area contributed by atoms with E-state index in [1.807, 2.05) is 11.8 Å². The molecule has 0 fully saturated rings. The van der Waals surface area contributed by atoms with E-state index in [1.165, 1.54) is 0 Å². The largest absolute Gasteiger partial charge is 0.412 e. The zero-order chi connectivity index (χ0) is 4.00. The topological polar surface area (TPSA) is 253 Å². The maximum absolute atomic E-state index is 8.00. The van der Waals surface area contributed by atoms with Gasteiger partial charge in [0.05, 0.1) is 0 Å². The number of hydrogen-bond acceptors (Lipinski definition) is 0. The molecule has 0 saturated carbocycles. The van der Waals surface area contributed by atoms with E-state index in [-0.39, 0.29) is 62.1 Å². The second-order valence-electron chi connectivity index (χ2n) is 0. The van der Waals surface area contributed by atoms with Crippen LogP contribution in [0.3, 0.4) is 0 Å². The molecular weight excluding hydrogens is 244 g/mol. The Morgan fingerprint density at radius 3 is 0.455 bits per heavy atom. The van der Waals surface area contributed by atoms with Crippen molar-refractivity contribution in [1.29, 1.82) is 0 Å². The van der Waals surface area contributed by atoms with Crippen LogP contribution in [-0.4, -0.2) is 27.4 Å². The average Bonchev–Trinajstić information content (AvgIpc) is 1.50. The van der Waals surface area contributed by atoms with Gasteiger partial charge in [-0.05, 0) is 0 Å². The summed E-state index contributed by atoms with van der Waals surface area (Å²) in [6.45, 7) is 0. The first-order chi connectivity index (χ1) is 2.00. The van der Waals surface area contributed by atoms with Gasteiger partial charge in [0.25, 0.3) is 0 Å². The van der Waals surface area contributed by atoms with Crippen LogP contribution in [0.2, 0.25) is 0 Å². The normalized spacial score (nSPS) is 1.09. The van der Waals surface area contributed by atoms with Crippen molar-refractivity contribution < 1.29 is 84.3 Å². The van der Waals surface area contributed by atoms with Gasteiger partial charge in [-0.15, -0.1) is 0 Å². The summed E-state index contributed by atoms with van der Waals surface area (Å²) in [5.74, 6) is 4.00. The summed E-state index contributed by atoms with van der Waals surface area (Å²) in [7, 11) is 0. The van der Waals surface area contributed by atoms with Crippen molar-refractivity contribution in [3.63, 3.8) is 0 Å². The number of rotatable bonds is 0. The molecule has 0 aliphatic heterocycles. The molecule has 0 atom stereocenters. The van der Waals surface area contributed by atoms with Crippen LogP contribution in [0.25, 0.3) is 0 Å². The molecule has 16 N–H and O–H groups in total. The monoisotopic (exact) mass is 260 g/mol. The fourth-order valence-electron chi connectivity index (χ4n) is 0. The Hall–Kier alpha value is 0.705. The third-order valence-corrected chi connectivity index (χ3v) is 0. The van der Waals surface area contributed by atoms with E-state index in [9.17, 15) is 0 Å². The van der Waals surface area contributed by atoms with Gasteiger partial charge < -0.3 is 27.4 Å². The zero-order valence-electron chi connectivity index (χ0n) is 5.55. The van der Waals surface area contributed by atoms with Gasteiger partial charge in [0.15, 0.2) is 0 Å². The van der Waals surface area contributed by atoms with Gasteiger partial charge in [-0.25, -0.2) is 0 Å². The molecule has 0 aliphatic carbocycles. The van der Waals surface area contributed by atoms with E-state index in [1.54, 1.807) is 0 Å². The van der Waals surface area contributed by atoms with Crippen molar-refractivity contribution in [1.82, 2.24) is 0 Å². The molecular formula is H16Cr2N2O7+2. The van der Waals surface area contributed by atoms with Gasteiger partial charge in [-0.3, -0.25) is 0 Å². The van der Waals surface area contributed by atoms with Gasteiger partial charge >= 0.3 is 0 Å². The number of quaternary nitrogens is 2. The minimum absolute atomic E-state index is 0. The van der Waals surface area contributed by atoms with Crippen molar-refractivity contribution in [2.24, 2.45) is 0 Å². The molecule has 0 aromatic rings.